The van der Waals surface area contributed by atoms with E-state index in [0.29, 0.717) is 5.56 Å². The van der Waals surface area contributed by atoms with Crippen LogP contribution in [0.4, 0.5) is 5.69 Å². The molecule has 0 fully saturated rings. The molecule has 8 nitrogen and oxygen atoms in total. The molecule has 9 heteroatoms. The van der Waals surface area contributed by atoms with Crippen molar-refractivity contribution in [3.05, 3.63) is 59.7 Å². The van der Waals surface area contributed by atoms with Crippen LogP contribution in [0.3, 0.4) is 0 Å². The largest absolute Gasteiger partial charge is 0.457 e. The summed E-state index contributed by atoms with van der Waals surface area (Å²) in [6.45, 7) is -0.593. The second-order valence-corrected chi connectivity index (χ2v) is 8.28. The number of sulfonamides is 1. The van der Waals surface area contributed by atoms with E-state index in [1.807, 2.05) is 0 Å². The average Bonchev–Trinajstić information content (AvgIpc) is 3.00. The quantitative estimate of drug-likeness (QED) is 0.513. The Balaban J connectivity index is 1.47. The number of benzene rings is 2. The number of nitrogens with zero attached hydrogens (tertiary/aromatic N) is 1. The highest BCUT2D eigenvalue weighted by Crippen LogP contribution is 2.28. The molecule has 0 aliphatic carbocycles. The van der Waals surface area contributed by atoms with Gasteiger partial charge in [-0.25, -0.2) is 13.1 Å². The van der Waals surface area contributed by atoms with E-state index in [9.17, 15) is 22.8 Å². The first-order chi connectivity index (χ1) is 13.8. The third-order valence-corrected chi connectivity index (χ3v) is 5.99. The van der Waals surface area contributed by atoms with Crippen molar-refractivity contribution in [2.24, 2.45) is 0 Å². The van der Waals surface area contributed by atoms with Crippen LogP contribution in [0.1, 0.15) is 22.3 Å². The SMILES string of the molecule is CN1C(=O)Cc2cc(C(=O)COC(=O)CCNS(=O)(=O)c3ccccc3)ccc21. The van der Waals surface area contributed by atoms with Crippen LogP contribution in [0.25, 0.3) is 0 Å². The summed E-state index contributed by atoms with van der Waals surface area (Å²) in [4.78, 5) is 37.4. The van der Waals surface area contributed by atoms with Gasteiger partial charge in [0.05, 0.1) is 17.7 Å². The zero-order valence-corrected chi connectivity index (χ0v) is 16.6. The summed E-state index contributed by atoms with van der Waals surface area (Å²) in [5.74, 6) is -1.13. The maximum absolute atomic E-state index is 12.2. The number of anilines is 1. The van der Waals surface area contributed by atoms with Gasteiger partial charge in [0, 0.05) is 24.8 Å². The molecule has 0 bridgehead atoms. The Bertz CT molecular complexity index is 1050. The lowest BCUT2D eigenvalue weighted by Crippen LogP contribution is -2.27. The molecule has 1 aliphatic rings. The van der Waals surface area contributed by atoms with E-state index in [1.165, 1.54) is 17.0 Å². The number of carbonyl (C=O) groups excluding carboxylic acids is 3. The van der Waals surface area contributed by atoms with Gasteiger partial charge in [0.1, 0.15) is 0 Å². The second-order valence-electron chi connectivity index (χ2n) is 6.52. The van der Waals surface area contributed by atoms with Gasteiger partial charge in [-0.3, -0.25) is 14.4 Å². The van der Waals surface area contributed by atoms with Crippen LogP contribution in [-0.2, 0) is 30.8 Å². The summed E-state index contributed by atoms with van der Waals surface area (Å²) in [6.07, 6.45) is 0.0249. The average molecular weight is 416 g/mol. The van der Waals surface area contributed by atoms with Crippen molar-refractivity contribution >= 4 is 33.4 Å². The summed E-state index contributed by atoms with van der Waals surface area (Å²) in [7, 11) is -2.03. The first-order valence-electron chi connectivity index (χ1n) is 8.91. The molecule has 0 aromatic heterocycles. The number of nitrogens with one attached hydrogen (secondary N) is 1. The fourth-order valence-electron chi connectivity index (χ4n) is 2.92. The van der Waals surface area contributed by atoms with Crippen LogP contribution >= 0.6 is 0 Å². The molecule has 0 atom stereocenters. The molecule has 1 heterocycles. The van der Waals surface area contributed by atoms with Crippen LogP contribution in [0.2, 0.25) is 0 Å². The molecule has 3 rings (SSSR count). The standard InChI is InChI=1S/C20H20N2O6S/c1-22-17-8-7-14(11-15(17)12-19(22)24)18(23)13-28-20(25)9-10-21-29(26,27)16-5-3-2-4-6-16/h2-8,11,21H,9-10,12-13H2,1H3. The number of carbonyl (C=O) groups is 3. The smallest absolute Gasteiger partial charge is 0.307 e. The fraction of sp³-hybridized carbons (Fsp3) is 0.250. The van der Waals surface area contributed by atoms with Gasteiger partial charge in [-0.1, -0.05) is 18.2 Å². The van der Waals surface area contributed by atoms with Gasteiger partial charge in [-0.2, -0.15) is 0 Å². The number of likely N-dealkylation sites (N-methyl/N-ethyl adjacent to an activating group) is 1. The zero-order chi connectivity index (χ0) is 21.0. The molecule has 29 heavy (non-hydrogen) atoms. The van der Waals surface area contributed by atoms with Crippen molar-refractivity contribution in [1.29, 1.82) is 0 Å². The number of hydrogen-bond donors (Lipinski definition) is 1. The van der Waals surface area contributed by atoms with Crippen LogP contribution in [0, 0.1) is 0 Å². The molecule has 0 unspecified atom stereocenters. The lowest BCUT2D eigenvalue weighted by Gasteiger charge is -2.10. The number of amides is 1. The van der Waals surface area contributed by atoms with E-state index in [1.54, 1.807) is 43.4 Å². The van der Waals surface area contributed by atoms with Gasteiger partial charge in [-0.15, -0.1) is 0 Å². The van der Waals surface area contributed by atoms with Gasteiger partial charge in [-0.05, 0) is 35.9 Å². The molecule has 0 saturated carbocycles. The van der Waals surface area contributed by atoms with E-state index in [2.05, 4.69) is 4.72 Å². The highest BCUT2D eigenvalue weighted by molar-refractivity contribution is 7.89. The highest BCUT2D eigenvalue weighted by Gasteiger charge is 2.25. The molecular weight excluding hydrogens is 396 g/mol. The van der Waals surface area contributed by atoms with Crippen LogP contribution in [-0.4, -0.2) is 46.3 Å². The Morgan fingerprint density at radius 1 is 1.14 bits per heavy atom. The number of hydrogen-bond acceptors (Lipinski definition) is 6. The van der Waals surface area contributed by atoms with E-state index < -0.39 is 28.4 Å². The van der Waals surface area contributed by atoms with E-state index in [4.69, 9.17) is 4.74 Å². The van der Waals surface area contributed by atoms with Crippen molar-refractivity contribution in [2.75, 3.05) is 25.1 Å². The van der Waals surface area contributed by atoms with Crippen LogP contribution in [0.15, 0.2) is 53.4 Å². The summed E-state index contributed by atoms with van der Waals surface area (Å²) in [6, 6.07) is 12.7. The van der Waals surface area contributed by atoms with E-state index >= 15 is 0 Å². The maximum Gasteiger partial charge on any atom is 0.307 e. The number of esters is 1. The monoisotopic (exact) mass is 416 g/mol. The lowest BCUT2D eigenvalue weighted by molar-refractivity contribution is -0.142. The minimum atomic E-state index is -3.70. The summed E-state index contributed by atoms with van der Waals surface area (Å²) in [5, 5.41) is 0. The summed E-state index contributed by atoms with van der Waals surface area (Å²) < 4.78 is 31.4. The number of ketones is 1. The fourth-order valence-corrected chi connectivity index (χ4v) is 3.97. The van der Waals surface area contributed by atoms with Gasteiger partial charge < -0.3 is 9.64 Å². The minimum absolute atomic E-state index is 0.0472. The number of rotatable bonds is 8. The van der Waals surface area contributed by atoms with Gasteiger partial charge in [0.15, 0.2) is 12.4 Å². The van der Waals surface area contributed by atoms with Crippen molar-refractivity contribution in [3.63, 3.8) is 0 Å². The first-order valence-corrected chi connectivity index (χ1v) is 10.4. The lowest BCUT2D eigenvalue weighted by atomic mass is 10.1. The third kappa shape index (κ3) is 4.87. The number of fused-ring (bicyclic) bond motifs is 1. The van der Waals surface area contributed by atoms with Crippen molar-refractivity contribution < 1.29 is 27.5 Å². The topological polar surface area (TPSA) is 110 Å². The first kappa shape index (κ1) is 20.7. The molecule has 1 N–H and O–H groups in total. The Morgan fingerprint density at radius 3 is 2.59 bits per heavy atom. The molecule has 152 valence electrons. The highest BCUT2D eigenvalue weighted by atomic mass is 32.2. The van der Waals surface area contributed by atoms with E-state index in [0.717, 1.165) is 11.3 Å². The summed E-state index contributed by atoms with van der Waals surface area (Å²) in [5.41, 5.74) is 1.86. The Morgan fingerprint density at radius 2 is 1.86 bits per heavy atom. The molecule has 1 aliphatic heterocycles. The third-order valence-electron chi connectivity index (χ3n) is 4.52. The van der Waals surface area contributed by atoms with Crippen LogP contribution < -0.4 is 9.62 Å². The molecule has 0 spiro atoms. The molecule has 0 saturated heterocycles. The Hall–Kier alpha value is -3.04. The normalized spacial score (nSPS) is 13.3. The molecule has 2 aromatic rings. The minimum Gasteiger partial charge on any atom is -0.457 e. The van der Waals surface area contributed by atoms with Gasteiger partial charge in [0.2, 0.25) is 15.9 Å². The molecular formula is C20H20N2O6S. The molecule has 2 aromatic carbocycles. The maximum atomic E-state index is 12.2. The van der Waals surface area contributed by atoms with Gasteiger partial charge >= 0.3 is 5.97 Å². The van der Waals surface area contributed by atoms with Crippen molar-refractivity contribution in [1.82, 2.24) is 4.72 Å². The molecule has 1 amide bonds. The second kappa shape index (κ2) is 8.54. The number of Topliss-reactive ketones (excluding diaryl/α,β-unsaturated/α-hetero) is 1. The number of ether oxygens (including phenoxy) is 1. The Kier molecular flexibility index (Phi) is 6.09. The molecule has 0 radical (unpaired) electrons. The Labute approximate surface area is 168 Å². The predicted octanol–water partition coefficient (Wildman–Crippen LogP) is 1.30. The van der Waals surface area contributed by atoms with Gasteiger partial charge in [0.25, 0.3) is 0 Å². The zero-order valence-electron chi connectivity index (χ0n) is 15.8. The van der Waals surface area contributed by atoms with Crippen molar-refractivity contribution in [2.45, 2.75) is 17.7 Å². The summed E-state index contributed by atoms with van der Waals surface area (Å²) >= 11 is 0. The van der Waals surface area contributed by atoms with E-state index in [-0.39, 0.29) is 30.2 Å². The van der Waals surface area contributed by atoms with Crippen LogP contribution in [0.5, 0.6) is 0 Å². The van der Waals surface area contributed by atoms with Crippen molar-refractivity contribution in [3.8, 4) is 0 Å². The predicted molar refractivity (Wildman–Crippen MR) is 105 cm³/mol.